The number of halogens is 1. The molecule has 0 N–H and O–H groups in total. The molecule has 0 aliphatic rings. The minimum atomic E-state index is 0.677. The van der Waals surface area contributed by atoms with Crippen molar-refractivity contribution < 1.29 is 14.2 Å². The second kappa shape index (κ2) is 7.43. The van der Waals surface area contributed by atoms with Crippen molar-refractivity contribution in [1.29, 1.82) is 0 Å². The second-order valence-electron chi connectivity index (χ2n) is 3.67. The Morgan fingerprint density at radius 1 is 1.12 bits per heavy atom. The first-order chi connectivity index (χ1) is 8.26. The van der Waals surface area contributed by atoms with Gasteiger partial charge in [-0.25, -0.2) is 0 Å². The molecule has 0 unspecified atom stereocenters. The first-order valence-corrected chi connectivity index (χ1v) is 6.82. The van der Waals surface area contributed by atoms with Crippen LogP contribution in [0.4, 0.5) is 0 Å². The van der Waals surface area contributed by atoms with Crippen molar-refractivity contribution in [2.45, 2.75) is 25.1 Å². The maximum atomic E-state index is 5.72. The van der Waals surface area contributed by atoms with Gasteiger partial charge in [0.2, 0.25) is 5.75 Å². The molecule has 1 aromatic rings. The minimum Gasteiger partial charge on any atom is -0.493 e. The van der Waals surface area contributed by atoms with Gasteiger partial charge >= 0.3 is 0 Å². The monoisotopic (exact) mass is 302 g/mol. The predicted molar refractivity (Wildman–Crippen MR) is 72.6 cm³/mol. The lowest BCUT2D eigenvalue weighted by Crippen LogP contribution is -2.02. The highest BCUT2D eigenvalue weighted by Gasteiger charge is 2.13. The molecule has 0 atom stereocenters. The van der Waals surface area contributed by atoms with Gasteiger partial charge < -0.3 is 14.2 Å². The number of methoxy groups -OCH3 is 2. The van der Waals surface area contributed by atoms with Crippen LogP contribution in [0.2, 0.25) is 0 Å². The molecule has 1 rings (SSSR count). The summed E-state index contributed by atoms with van der Waals surface area (Å²) >= 11 is 3.42. The summed E-state index contributed by atoms with van der Waals surface area (Å²) in [5, 5.41) is 0.759. The number of hydrogen-bond acceptors (Lipinski definition) is 3. The van der Waals surface area contributed by atoms with Crippen LogP contribution >= 0.6 is 15.9 Å². The Morgan fingerprint density at radius 3 is 2.12 bits per heavy atom. The predicted octanol–water partition coefficient (Wildman–Crippen LogP) is 3.78. The third-order valence-corrected chi connectivity index (χ3v) is 3.07. The molecule has 4 heteroatoms. The van der Waals surface area contributed by atoms with Gasteiger partial charge in [0.1, 0.15) is 0 Å². The summed E-state index contributed by atoms with van der Waals surface area (Å²) in [6, 6.07) is 3.91. The van der Waals surface area contributed by atoms with Crippen molar-refractivity contribution in [2.24, 2.45) is 0 Å². The summed E-state index contributed by atoms with van der Waals surface area (Å²) in [5.41, 5.74) is 1.10. The second-order valence-corrected chi connectivity index (χ2v) is 4.23. The van der Waals surface area contributed by atoms with Gasteiger partial charge in [-0.1, -0.05) is 29.3 Å². The number of rotatable bonds is 7. The summed E-state index contributed by atoms with van der Waals surface area (Å²) in [6.07, 6.45) is 2.12. The van der Waals surface area contributed by atoms with E-state index in [1.807, 2.05) is 12.1 Å². The minimum absolute atomic E-state index is 0.677. The molecule has 0 aliphatic carbocycles. The van der Waals surface area contributed by atoms with E-state index in [2.05, 4.69) is 22.9 Å². The van der Waals surface area contributed by atoms with Crippen LogP contribution in [-0.2, 0) is 5.33 Å². The number of ether oxygens (including phenoxy) is 3. The lowest BCUT2D eigenvalue weighted by molar-refractivity contribution is 0.270. The van der Waals surface area contributed by atoms with Gasteiger partial charge in [0.25, 0.3) is 0 Å². The maximum Gasteiger partial charge on any atom is 0.203 e. The van der Waals surface area contributed by atoms with E-state index in [0.717, 1.165) is 35.2 Å². The smallest absolute Gasteiger partial charge is 0.203 e. The van der Waals surface area contributed by atoms with Crippen molar-refractivity contribution in [1.82, 2.24) is 0 Å². The Balaban J connectivity index is 2.98. The zero-order valence-electron chi connectivity index (χ0n) is 10.6. The quantitative estimate of drug-likeness (QED) is 0.567. The van der Waals surface area contributed by atoms with Crippen molar-refractivity contribution in [3.63, 3.8) is 0 Å². The number of alkyl halides is 1. The molecule has 0 radical (unpaired) electrons. The molecule has 1 aromatic carbocycles. The fraction of sp³-hybridized carbons (Fsp3) is 0.538. The molecule has 0 saturated carbocycles. The van der Waals surface area contributed by atoms with Crippen LogP contribution in [-0.4, -0.2) is 20.8 Å². The fourth-order valence-electron chi connectivity index (χ4n) is 1.47. The lowest BCUT2D eigenvalue weighted by atomic mass is 10.2. The standard InChI is InChI=1S/C13H19BrO3/c1-4-5-6-17-13-11(15-2)7-10(9-14)8-12(13)16-3/h7-8H,4-6,9H2,1-3H3. The van der Waals surface area contributed by atoms with Crippen molar-refractivity contribution in [2.75, 3.05) is 20.8 Å². The molecule has 0 fully saturated rings. The van der Waals surface area contributed by atoms with Crippen molar-refractivity contribution >= 4 is 15.9 Å². The average Bonchev–Trinajstić information content (AvgIpc) is 2.38. The molecule has 0 spiro atoms. The average molecular weight is 303 g/mol. The summed E-state index contributed by atoms with van der Waals surface area (Å²) in [4.78, 5) is 0. The molecular weight excluding hydrogens is 284 g/mol. The molecule has 0 saturated heterocycles. The normalized spacial score (nSPS) is 10.1. The van der Waals surface area contributed by atoms with E-state index in [-0.39, 0.29) is 0 Å². The van der Waals surface area contributed by atoms with Gasteiger partial charge in [0.15, 0.2) is 11.5 Å². The SMILES string of the molecule is CCCCOc1c(OC)cc(CBr)cc1OC. The molecule has 96 valence electrons. The van der Waals surface area contributed by atoms with E-state index in [9.17, 15) is 0 Å². The Morgan fingerprint density at radius 2 is 1.71 bits per heavy atom. The molecule has 17 heavy (non-hydrogen) atoms. The summed E-state index contributed by atoms with van der Waals surface area (Å²) in [5.74, 6) is 2.12. The van der Waals surface area contributed by atoms with Crippen LogP contribution in [0.5, 0.6) is 17.2 Å². The summed E-state index contributed by atoms with van der Waals surface area (Å²) in [7, 11) is 3.28. The first kappa shape index (κ1) is 14.2. The molecule has 3 nitrogen and oxygen atoms in total. The number of benzene rings is 1. The molecule has 0 heterocycles. The Labute approximate surface area is 111 Å². The van der Waals surface area contributed by atoms with Crippen LogP contribution in [0.3, 0.4) is 0 Å². The van der Waals surface area contributed by atoms with Gasteiger partial charge in [-0.2, -0.15) is 0 Å². The van der Waals surface area contributed by atoms with Crippen molar-refractivity contribution in [3.05, 3.63) is 17.7 Å². The van der Waals surface area contributed by atoms with E-state index in [1.165, 1.54) is 0 Å². The number of unbranched alkanes of at least 4 members (excludes halogenated alkanes) is 1. The zero-order chi connectivity index (χ0) is 12.7. The van der Waals surface area contributed by atoms with Gasteiger partial charge in [0, 0.05) is 5.33 Å². The first-order valence-electron chi connectivity index (χ1n) is 5.70. The van der Waals surface area contributed by atoms with E-state index < -0.39 is 0 Å². The fourth-order valence-corrected chi connectivity index (χ4v) is 1.80. The summed E-state index contributed by atoms with van der Waals surface area (Å²) in [6.45, 7) is 2.81. The zero-order valence-corrected chi connectivity index (χ0v) is 12.2. The highest BCUT2D eigenvalue weighted by molar-refractivity contribution is 9.08. The third-order valence-electron chi connectivity index (χ3n) is 2.42. The molecule has 0 amide bonds. The maximum absolute atomic E-state index is 5.72. The summed E-state index contributed by atoms with van der Waals surface area (Å²) < 4.78 is 16.4. The van der Waals surface area contributed by atoms with Crippen LogP contribution < -0.4 is 14.2 Å². The van der Waals surface area contributed by atoms with Gasteiger partial charge in [0.05, 0.1) is 20.8 Å². The van der Waals surface area contributed by atoms with Crippen molar-refractivity contribution in [3.8, 4) is 17.2 Å². The van der Waals surface area contributed by atoms with Crippen LogP contribution in [0, 0.1) is 0 Å². The molecule has 0 aromatic heterocycles. The number of hydrogen-bond donors (Lipinski definition) is 0. The van der Waals surface area contributed by atoms with E-state index in [4.69, 9.17) is 14.2 Å². The Hall–Kier alpha value is -0.900. The largest absolute Gasteiger partial charge is 0.493 e. The van der Waals surface area contributed by atoms with Gasteiger partial charge in [-0.05, 0) is 24.1 Å². The highest BCUT2D eigenvalue weighted by Crippen LogP contribution is 2.39. The van der Waals surface area contributed by atoms with Gasteiger partial charge in [-0.3, -0.25) is 0 Å². The van der Waals surface area contributed by atoms with Crippen LogP contribution in [0.1, 0.15) is 25.3 Å². The van der Waals surface area contributed by atoms with Crippen LogP contribution in [0.25, 0.3) is 0 Å². The van der Waals surface area contributed by atoms with Gasteiger partial charge in [-0.15, -0.1) is 0 Å². The molecular formula is C13H19BrO3. The van der Waals surface area contributed by atoms with E-state index in [1.54, 1.807) is 14.2 Å². The lowest BCUT2D eigenvalue weighted by Gasteiger charge is -2.15. The Kier molecular flexibility index (Phi) is 6.19. The topological polar surface area (TPSA) is 27.7 Å². The molecule has 0 bridgehead atoms. The Bertz CT molecular complexity index is 328. The molecule has 0 aliphatic heterocycles. The van der Waals surface area contributed by atoms with E-state index >= 15 is 0 Å². The van der Waals surface area contributed by atoms with E-state index in [0.29, 0.717) is 12.4 Å². The third kappa shape index (κ3) is 3.80. The highest BCUT2D eigenvalue weighted by atomic mass is 79.9. The van der Waals surface area contributed by atoms with Crippen LogP contribution in [0.15, 0.2) is 12.1 Å².